The summed E-state index contributed by atoms with van der Waals surface area (Å²) in [5, 5.41) is 2.56. The first-order valence-corrected chi connectivity index (χ1v) is 7.65. The van der Waals surface area contributed by atoms with E-state index >= 15 is 0 Å². The molecule has 1 aromatic heterocycles. The number of hydrogen-bond acceptors (Lipinski definition) is 3. The maximum Gasteiger partial charge on any atom is 0.416 e. The molecule has 4 rings (SSSR count). The van der Waals surface area contributed by atoms with Crippen molar-refractivity contribution in [3.63, 3.8) is 0 Å². The Kier molecular flexibility index (Phi) is 3.26. The number of aromatic nitrogens is 1. The number of fused-ring (bicyclic) bond motifs is 2. The summed E-state index contributed by atoms with van der Waals surface area (Å²) in [4.78, 5) is 16.5. The molecule has 24 heavy (non-hydrogen) atoms. The maximum absolute atomic E-state index is 12.9. The van der Waals surface area contributed by atoms with Crippen molar-refractivity contribution < 1.29 is 22.4 Å². The van der Waals surface area contributed by atoms with Crippen LogP contribution >= 0.6 is 0 Å². The van der Waals surface area contributed by atoms with Gasteiger partial charge in [0, 0.05) is 23.7 Å². The molecule has 0 radical (unpaired) electrons. The van der Waals surface area contributed by atoms with Crippen LogP contribution in [-0.2, 0) is 23.8 Å². The molecule has 0 unspecified atom stereocenters. The van der Waals surface area contributed by atoms with Crippen LogP contribution in [0.4, 0.5) is 18.9 Å². The predicted molar refractivity (Wildman–Crippen MR) is 81.1 cm³/mol. The number of oxazole rings is 1. The molecule has 1 aliphatic heterocycles. The average molecular weight is 334 g/mol. The molecule has 2 heterocycles. The molecule has 1 amide bonds. The summed E-state index contributed by atoms with van der Waals surface area (Å²) < 4.78 is 44.4. The van der Waals surface area contributed by atoms with Gasteiger partial charge in [0.15, 0.2) is 0 Å². The molecular weight excluding hydrogens is 321 g/mol. The number of anilines is 1. The minimum absolute atomic E-state index is 0.134. The molecule has 1 aromatic carbocycles. The average Bonchev–Trinajstić information content (AvgIpc) is 3.07. The van der Waals surface area contributed by atoms with Crippen molar-refractivity contribution in [3.05, 3.63) is 46.7 Å². The van der Waals surface area contributed by atoms with E-state index in [4.69, 9.17) is 4.42 Å². The van der Waals surface area contributed by atoms with Crippen LogP contribution in [-0.4, -0.2) is 10.9 Å². The Labute approximate surface area is 135 Å². The summed E-state index contributed by atoms with van der Waals surface area (Å²) in [5.41, 5.74) is 0.780. The van der Waals surface area contributed by atoms with Crippen LogP contribution in [0.3, 0.4) is 0 Å². The fourth-order valence-electron chi connectivity index (χ4n) is 3.06. The molecule has 1 aliphatic carbocycles. The summed E-state index contributed by atoms with van der Waals surface area (Å²) in [6, 6.07) is 3.19. The van der Waals surface area contributed by atoms with E-state index in [2.05, 4.69) is 10.3 Å². The molecule has 0 bridgehead atoms. The van der Waals surface area contributed by atoms with Crippen molar-refractivity contribution in [1.29, 1.82) is 0 Å². The van der Waals surface area contributed by atoms with Gasteiger partial charge < -0.3 is 9.73 Å². The lowest BCUT2D eigenvalue weighted by atomic mass is 10.0. The fourth-order valence-corrected chi connectivity index (χ4v) is 3.06. The lowest BCUT2D eigenvalue weighted by Gasteiger charge is -2.08. The molecule has 4 nitrogen and oxygen atoms in total. The number of carbonyl (C=O) groups excluding carboxylic acids is 1. The summed E-state index contributed by atoms with van der Waals surface area (Å²) in [6.45, 7) is 0. The number of nitrogens with one attached hydrogen (secondary N) is 1. The summed E-state index contributed by atoms with van der Waals surface area (Å²) in [5.74, 6) is 0.605. The van der Waals surface area contributed by atoms with Gasteiger partial charge >= 0.3 is 6.18 Å². The first-order valence-electron chi connectivity index (χ1n) is 7.65. The van der Waals surface area contributed by atoms with Gasteiger partial charge in [-0.2, -0.15) is 13.2 Å². The molecule has 1 N–H and O–H groups in total. The van der Waals surface area contributed by atoms with Crippen molar-refractivity contribution in [3.8, 4) is 0 Å². The summed E-state index contributed by atoms with van der Waals surface area (Å²) in [7, 11) is 0. The van der Waals surface area contributed by atoms with E-state index in [1.807, 2.05) is 0 Å². The van der Waals surface area contributed by atoms with Crippen molar-refractivity contribution in [2.45, 2.75) is 31.9 Å². The van der Waals surface area contributed by atoms with Gasteiger partial charge in [-0.15, -0.1) is 0 Å². The van der Waals surface area contributed by atoms with E-state index in [0.717, 1.165) is 49.3 Å². The van der Waals surface area contributed by atoms with Gasteiger partial charge in [-0.05, 0) is 37.5 Å². The zero-order chi connectivity index (χ0) is 16.9. The second-order valence-corrected chi connectivity index (χ2v) is 5.90. The van der Waals surface area contributed by atoms with E-state index in [0.29, 0.717) is 5.69 Å². The Morgan fingerprint density at radius 1 is 1.21 bits per heavy atom. The molecule has 0 fully saturated rings. The van der Waals surface area contributed by atoms with Crippen LogP contribution in [0.1, 0.15) is 41.3 Å². The number of alkyl halides is 3. The van der Waals surface area contributed by atoms with Gasteiger partial charge in [0.2, 0.25) is 5.89 Å². The van der Waals surface area contributed by atoms with E-state index < -0.39 is 17.6 Å². The molecule has 7 heteroatoms. The van der Waals surface area contributed by atoms with Crippen LogP contribution in [0.2, 0.25) is 0 Å². The topological polar surface area (TPSA) is 55.1 Å². The molecule has 0 spiro atoms. The molecule has 2 aliphatic rings. The first-order chi connectivity index (χ1) is 11.4. The number of nitrogens with zero attached hydrogens (tertiary/aromatic N) is 1. The number of hydrogen-bond donors (Lipinski definition) is 1. The second-order valence-electron chi connectivity index (χ2n) is 5.90. The minimum atomic E-state index is -4.46. The standard InChI is InChI=1S/C17H13F3N2O2/c18-17(19,20)9-5-6-12-10(7-9)11(16(23)22-12)8-15-21-13-3-1-2-4-14(13)24-15/h5-8H,1-4H2,(H,22,23). The Morgan fingerprint density at radius 3 is 2.75 bits per heavy atom. The quantitative estimate of drug-likeness (QED) is 0.800. The zero-order valence-electron chi connectivity index (χ0n) is 12.5. The molecule has 2 aromatic rings. The highest BCUT2D eigenvalue weighted by Crippen LogP contribution is 2.38. The highest BCUT2D eigenvalue weighted by atomic mass is 19.4. The van der Waals surface area contributed by atoms with Gasteiger partial charge in [0.25, 0.3) is 5.91 Å². The molecule has 0 atom stereocenters. The number of aryl methyl sites for hydroxylation is 2. The summed E-state index contributed by atoms with van der Waals surface area (Å²) >= 11 is 0. The third-order valence-corrected chi connectivity index (χ3v) is 4.26. The Bertz CT molecular complexity index is 842. The molecular formula is C17H13F3N2O2. The normalized spacial score (nSPS) is 18.5. The largest absolute Gasteiger partial charge is 0.441 e. The number of amides is 1. The summed E-state index contributed by atoms with van der Waals surface area (Å²) in [6.07, 6.45) is 0.632. The third kappa shape index (κ3) is 2.50. The smallest absolute Gasteiger partial charge is 0.416 e. The number of rotatable bonds is 1. The maximum atomic E-state index is 12.9. The van der Waals surface area contributed by atoms with Gasteiger partial charge in [0.05, 0.1) is 16.8 Å². The fraction of sp³-hybridized carbons (Fsp3) is 0.294. The lowest BCUT2D eigenvalue weighted by molar-refractivity contribution is -0.137. The van der Waals surface area contributed by atoms with E-state index in [1.54, 1.807) is 0 Å². The molecule has 0 saturated carbocycles. The lowest BCUT2D eigenvalue weighted by Crippen LogP contribution is -2.04. The zero-order valence-corrected chi connectivity index (χ0v) is 12.5. The van der Waals surface area contributed by atoms with Crippen LogP contribution in [0.5, 0.6) is 0 Å². The van der Waals surface area contributed by atoms with Crippen molar-refractivity contribution in [2.24, 2.45) is 0 Å². The predicted octanol–water partition coefficient (Wildman–Crippen LogP) is 4.06. The van der Waals surface area contributed by atoms with Crippen molar-refractivity contribution in [1.82, 2.24) is 4.98 Å². The highest BCUT2D eigenvalue weighted by molar-refractivity contribution is 6.34. The van der Waals surface area contributed by atoms with Gasteiger partial charge in [-0.1, -0.05) is 0 Å². The second kappa shape index (κ2) is 5.22. The number of halogens is 3. The Balaban J connectivity index is 1.77. The Morgan fingerprint density at radius 2 is 2.00 bits per heavy atom. The minimum Gasteiger partial charge on any atom is -0.441 e. The SMILES string of the molecule is O=C1Nc2ccc(C(F)(F)F)cc2C1=Cc1nc2c(o1)CCCC2. The van der Waals surface area contributed by atoms with Crippen molar-refractivity contribution in [2.75, 3.05) is 5.32 Å². The van der Waals surface area contributed by atoms with Crippen LogP contribution < -0.4 is 5.32 Å². The van der Waals surface area contributed by atoms with Crippen LogP contribution in [0, 0.1) is 0 Å². The number of carbonyl (C=O) groups is 1. The van der Waals surface area contributed by atoms with Crippen LogP contribution in [0.25, 0.3) is 11.6 Å². The van der Waals surface area contributed by atoms with Crippen LogP contribution in [0.15, 0.2) is 22.6 Å². The Hall–Kier alpha value is -2.57. The van der Waals surface area contributed by atoms with E-state index in [-0.39, 0.29) is 17.0 Å². The first kappa shape index (κ1) is 15.0. The molecule has 0 saturated heterocycles. The highest BCUT2D eigenvalue weighted by Gasteiger charge is 2.34. The van der Waals surface area contributed by atoms with Gasteiger partial charge in [0.1, 0.15) is 5.76 Å². The van der Waals surface area contributed by atoms with Crippen molar-refractivity contribution >= 4 is 23.2 Å². The molecule has 124 valence electrons. The third-order valence-electron chi connectivity index (χ3n) is 4.26. The number of benzene rings is 1. The van der Waals surface area contributed by atoms with Gasteiger partial charge in [-0.3, -0.25) is 4.79 Å². The van der Waals surface area contributed by atoms with E-state index in [1.165, 1.54) is 12.1 Å². The van der Waals surface area contributed by atoms with Gasteiger partial charge in [-0.25, -0.2) is 4.98 Å². The monoisotopic (exact) mass is 334 g/mol. The van der Waals surface area contributed by atoms with E-state index in [9.17, 15) is 18.0 Å².